The summed E-state index contributed by atoms with van der Waals surface area (Å²) in [5, 5.41) is 0. The van der Waals surface area contributed by atoms with Gasteiger partial charge in [0.1, 0.15) is 17.4 Å². The number of likely N-dealkylation sites (tertiary alicyclic amines) is 1. The lowest BCUT2D eigenvalue weighted by Crippen LogP contribution is -2.32. The summed E-state index contributed by atoms with van der Waals surface area (Å²) in [7, 11) is 0. The summed E-state index contributed by atoms with van der Waals surface area (Å²) in [6.45, 7) is 0.584. The molecule has 1 amide bonds. The van der Waals surface area contributed by atoms with Gasteiger partial charge < -0.3 is 9.32 Å². The number of halogens is 4. The Hall–Kier alpha value is -3.68. The zero-order chi connectivity index (χ0) is 23.9. The second-order valence-electron chi connectivity index (χ2n) is 8.36. The van der Waals surface area contributed by atoms with E-state index in [2.05, 4.69) is 4.98 Å². The standard InChI is InChI=1S/C26H20F4N2O2/c27-20-10-3-16(4-11-20)14-24(33)32-13-1-2-22(32)25-31-21-15-18(7-12-23(21)34-25)17-5-8-19(9-6-17)26(28,29)30/h3-12,15,22H,1-2,13-14H2/t22-/m0/s1. The maximum atomic E-state index is 13.2. The van der Waals surface area contributed by atoms with Crippen LogP contribution < -0.4 is 0 Å². The number of amides is 1. The first kappa shape index (κ1) is 22.1. The second-order valence-corrected chi connectivity index (χ2v) is 8.36. The molecule has 1 atom stereocenters. The van der Waals surface area contributed by atoms with E-state index in [4.69, 9.17) is 4.42 Å². The van der Waals surface area contributed by atoms with Crippen LogP contribution in [0.2, 0.25) is 0 Å². The van der Waals surface area contributed by atoms with Gasteiger partial charge in [-0.3, -0.25) is 4.79 Å². The van der Waals surface area contributed by atoms with Crippen molar-refractivity contribution in [2.24, 2.45) is 0 Å². The number of rotatable bonds is 4. The van der Waals surface area contributed by atoms with Crippen LogP contribution in [0, 0.1) is 5.82 Å². The molecule has 0 spiro atoms. The van der Waals surface area contributed by atoms with Gasteiger partial charge in [-0.25, -0.2) is 9.37 Å². The Morgan fingerprint density at radius 3 is 2.41 bits per heavy atom. The van der Waals surface area contributed by atoms with E-state index in [0.717, 1.165) is 29.7 Å². The van der Waals surface area contributed by atoms with Gasteiger partial charge in [0, 0.05) is 6.54 Å². The van der Waals surface area contributed by atoms with Crippen molar-refractivity contribution in [1.29, 1.82) is 0 Å². The molecular weight excluding hydrogens is 448 g/mol. The van der Waals surface area contributed by atoms with Gasteiger partial charge in [0.25, 0.3) is 0 Å². The predicted octanol–water partition coefficient (Wildman–Crippen LogP) is 6.56. The highest BCUT2D eigenvalue weighted by Gasteiger charge is 2.33. The highest BCUT2D eigenvalue weighted by Crippen LogP contribution is 2.35. The first-order valence-electron chi connectivity index (χ1n) is 10.9. The molecule has 0 bridgehead atoms. The minimum Gasteiger partial charge on any atom is -0.438 e. The van der Waals surface area contributed by atoms with Gasteiger partial charge in [-0.2, -0.15) is 13.2 Å². The van der Waals surface area contributed by atoms with E-state index in [1.54, 1.807) is 35.2 Å². The predicted molar refractivity (Wildman–Crippen MR) is 118 cm³/mol. The molecule has 4 nitrogen and oxygen atoms in total. The summed E-state index contributed by atoms with van der Waals surface area (Å²) in [5.74, 6) is 0.00345. The van der Waals surface area contributed by atoms with Crippen LogP contribution in [0.3, 0.4) is 0 Å². The average Bonchev–Trinajstić information content (AvgIpc) is 3.46. The van der Waals surface area contributed by atoms with E-state index in [9.17, 15) is 22.4 Å². The van der Waals surface area contributed by atoms with E-state index in [1.807, 2.05) is 0 Å². The van der Waals surface area contributed by atoms with Gasteiger partial charge >= 0.3 is 6.18 Å². The lowest BCUT2D eigenvalue weighted by molar-refractivity contribution is -0.137. The third-order valence-electron chi connectivity index (χ3n) is 6.08. The van der Waals surface area contributed by atoms with Crippen LogP contribution in [-0.2, 0) is 17.4 Å². The van der Waals surface area contributed by atoms with Crippen molar-refractivity contribution in [2.45, 2.75) is 31.5 Å². The first-order chi connectivity index (χ1) is 16.3. The molecule has 0 radical (unpaired) electrons. The first-order valence-corrected chi connectivity index (χ1v) is 10.9. The maximum absolute atomic E-state index is 13.2. The molecule has 1 fully saturated rings. The zero-order valence-corrected chi connectivity index (χ0v) is 18.0. The van der Waals surface area contributed by atoms with Crippen molar-refractivity contribution in [2.75, 3.05) is 6.54 Å². The fourth-order valence-corrected chi connectivity index (χ4v) is 4.32. The van der Waals surface area contributed by atoms with Crippen LogP contribution in [0.1, 0.15) is 35.9 Å². The van der Waals surface area contributed by atoms with Gasteiger partial charge in [0.05, 0.1) is 12.0 Å². The van der Waals surface area contributed by atoms with Crippen molar-refractivity contribution < 1.29 is 26.8 Å². The number of oxazole rings is 1. The third kappa shape index (κ3) is 4.40. The average molecular weight is 468 g/mol. The van der Waals surface area contributed by atoms with Crippen LogP contribution in [0.5, 0.6) is 0 Å². The SMILES string of the molecule is O=C(Cc1ccc(F)cc1)N1CCC[C@H]1c1nc2cc(-c3ccc(C(F)(F)F)cc3)ccc2o1. The highest BCUT2D eigenvalue weighted by molar-refractivity contribution is 5.81. The molecule has 1 aliphatic rings. The Morgan fingerprint density at radius 1 is 1.00 bits per heavy atom. The third-order valence-corrected chi connectivity index (χ3v) is 6.08. The fraction of sp³-hybridized carbons (Fsp3) is 0.231. The molecule has 5 rings (SSSR count). The fourth-order valence-electron chi connectivity index (χ4n) is 4.32. The minimum atomic E-state index is -4.38. The van der Waals surface area contributed by atoms with Crippen LogP contribution >= 0.6 is 0 Å². The summed E-state index contributed by atoms with van der Waals surface area (Å²) >= 11 is 0. The van der Waals surface area contributed by atoms with Crippen LogP contribution in [0.25, 0.3) is 22.2 Å². The number of benzene rings is 3. The van der Waals surface area contributed by atoms with E-state index in [-0.39, 0.29) is 24.2 Å². The summed E-state index contributed by atoms with van der Waals surface area (Å²) in [4.78, 5) is 19.3. The van der Waals surface area contributed by atoms with Crippen molar-refractivity contribution in [3.05, 3.63) is 89.6 Å². The Morgan fingerprint density at radius 2 is 1.71 bits per heavy atom. The minimum absolute atomic E-state index is 0.0817. The van der Waals surface area contributed by atoms with E-state index >= 15 is 0 Å². The monoisotopic (exact) mass is 468 g/mol. The van der Waals surface area contributed by atoms with Crippen LogP contribution in [0.4, 0.5) is 17.6 Å². The largest absolute Gasteiger partial charge is 0.438 e. The smallest absolute Gasteiger partial charge is 0.416 e. The molecule has 0 N–H and O–H groups in total. The van der Waals surface area contributed by atoms with Crippen molar-refractivity contribution in [3.8, 4) is 11.1 Å². The van der Waals surface area contributed by atoms with E-state index < -0.39 is 11.7 Å². The molecule has 0 unspecified atom stereocenters. The van der Waals surface area contributed by atoms with Gasteiger partial charge in [-0.1, -0.05) is 30.3 Å². The number of hydrogen-bond donors (Lipinski definition) is 0. The molecule has 1 aromatic heterocycles. The lowest BCUT2D eigenvalue weighted by Gasteiger charge is -2.22. The molecule has 2 heterocycles. The molecular formula is C26H20F4N2O2. The van der Waals surface area contributed by atoms with Crippen molar-refractivity contribution in [3.63, 3.8) is 0 Å². The molecule has 1 saturated heterocycles. The van der Waals surface area contributed by atoms with Gasteiger partial charge in [-0.05, 0) is 65.9 Å². The number of nitrogens with zero attached hydrogens (tertiary/aromatic N) is 2. The zero-order valence-electron chi connectivity index (χ0n) is 18.0. The molecule has 34 heavy (non-hydrogen) atoms. The Bertz CT molecular complexity index is 1330. The molecule has 3 aromatic carbocycles. The normalized spacial score (nSPS) is 16.4. The van der Waals surface area contributed by atoms with Crippen molar-refractivity contribution >= 4 is 17.0 Å². The van der Waals surface area contributed by atoms with Crippen molar-refractivity contribution in [1.82, 2.24) is 9.88 Å². The number of alkyl halides is 3. The summed E-state index contributed by atoms with van der Waals surface area (Å²) in [6, 6.07) is 15.8. The van der Waals surface area contributed by atoms with E-state index in [1.165, 1.54) is 24.3 Å². The molecule has 8 heteroatoms. The van der Waals surface area contributed by atoms with Crippen LogP contribution in [-0.4, -0.2) is 22.3 Å². The van der Waals surface area contributed by atoms with E-state index in [0.29, 0.717) is 35.5 Å². The molecule has 1 aliphatic heterocycles. The second kappa shape index (κ2) is 8.59. The summed E-state index contributed by atoms with van der Waals surface area (Å²) in [5.41, 5.74) is 2.50. The van der Waals surface area contributed by atoms with Gasteiger partial charge in [0.15, 0.2) is 5.58 Å². The highest BCUT2D eigenvalue weighted by atomic mass is 19.4. The number of carbonyl (C=O) groups excluding carboxylic acids is 1. The maximum Gasteiger partial charge on any atom is 0.416 e. The summed E-state index contributed by atoms with van der Waals surface area (Å²) in [6.07, 6.45) is -2.69. The molecule has 4 aromatic rings. The Kier molecular flexibility index (Phi) is 5.59. The lowest BCUT2D eigenvalue weighted by atomic mass is 10.0. The number of carbonyl (C=O) groups is 1. The molecule has 0 aliphatic carbocycles. The van der Waals surface area contributed by atoms with Gasteiger partial charge in [-0.15, -0.1) is 0 Å². The molecule has 0 saturated carbocycles. The topological polar surface area (TPSA) is 46.3 Å². The summed E-state index contributed by atoms with van der Waals surface area (Å²) < 4.78 is 57.6. The quantitative estimate of drug-likeness (QED) is 0.319. The number of aromatic nitrogens is 1. The number of hydrogen-bond acceptors (Lipinski definition) is 3. The Labute approximate surface area is 192 Å². The number of fused-ring (bicyclic) bond motifs is 1. The van der Waals surface area contributed by atoms with Crippen LogP contribution in [0.15, 0.2) is 71.1 Å². The Balaban J connectivity index is 1.37. The molecule has 174 valence electrons. The van der Waals surface area contributed by atoms with Gasteiger partial charge in [0.2, 0.25) is 11.8 Å².